The number of carbonyl (C=O) groups is 2. The summed E-state index contributed by atoms with van der Waals surface area (Å²) in [7, 11) is 0. The van der Waals surface area contributed by atoms with E-state index < -0.39 is 0 Å². The van der Waals surface area contributed by atoms with Crippen molar-refractivity contribution in [3.63, 3.8) is 0 Å². The fourth-order valence-electron chi connectivity index (χ4n) is 4.07. The first kappa shape index (κ1) is 24.0. The van der Waals surface area contributed by atoms with E-state index in [2.05, 4.69) is 22.3 Å². The number of hydrogen-bond donors (Lipinski definition) is 1. The number of nitrogens with one attached hydrogen (secondary N) is 1. The summed E-state index contributed by atoms with van der Waals surface area (Å²) in [6.45, 7) is 8.41. The normalized spacial score (nSPS) is 13.4. The molecule has 0 fully saturated rings. The van der Waals surface area contributed by atoms with Crippen molar-refractivity contribution in [2.24, 2.45) is 0 Å². The van der Waals surface area contributed by atoms with E-state index >= 15 is 0 Å². The van der Waals surface area contributed by atoms with Crippen molar-refractivity contribution in [2.75, 3.05) is 18.5 Å². The van der Waals surface area contributed by atoms with Gasteiger partial charge in [0.1, 0.15) is 10.8 Å². The second-order valence-electron chi connectivity index (χ2n) is 8.52. The van der Waals surface area contributed by atoms with E-state index in [1.807, 2.05) is 32.0 Å². The molecule has 1 aromatic heterocycles. The molecule has 3 aromatic rings. The number of benzene rings is 2. The Bertz CT molecular complexity index is 1140. The minimum Gasteiger partial charge on any atom is -0.491 e. The minimum atomic E-state index is -0.382. The van der Waals surface area contributed by atoms with Gasteiger partial charge in [0.25, 0.3) is 5.91 Å². The molecular weight excluding hydrogens is 448 g/mol. The average Bonchev–Trinajstić information content (AvgIpc) is 3.17. The van der Waals surface area contributed by atoms with Crippen LogP contribution in [0.3, 0.4) is 0 Å². The van der Waals surface area contributed by atoms with Crippen LogP contribution in [0, 0.1) is 0 Å². The zero-order chi connectivity index (χ0) is 24.1. The second kappa shape index (κ2) is 10.8. The summed E-state index contributed by atoms with van der Waals surface area (Å²) in [6, 6.07) is 17.4. The van der Waals surface area contributed by atoms with Crippen LogP contribution in [0.1, 0.15) is 57.5 Å². The van der Waals surface area contributed by atoms with Crippen LogP contribution >= 0.6 is 11.3 Å². The summed E-state index contributed by atoms with van der Waals surface area (Å²) in [4.78, 5) is 29.3. The maximum atomic E-state index is 13.0. The Labute approximate surface area is 204 Å². The van der Waals surface area contributed by atoms with E-state index in [0.717, 1.165) is 36.5 Å². The van der Waals surface area contributed by atoms with Gasteiger partial charge in [0.15, 0.2) is 0 Å². The minimum absolute atomic E-state index is 0.0608. The van der Waals surface area contributed by atoms with Crippen LogP contribution < -0.4 is 10.1 Å². The van der Waals surface area contributed by atoms with Gasteiger partial charge in [-0.05, 0) is 62.6 Å². The van der Waals surface area contributed by atoms with Crippen molar-refractivity contribution in [2.45, 2.75) is 46.4 Å². The van der Waals surface area contributed by atoms with Crippen molar-refractivity contribution in [3.8, 4) is 5.75 Å². The Morgan fingerprint density at radius 2 is 1.82 bits per heavy atom. The zero-order valence-electron chi connectivity index (χ0n) is 19.8. The number of carbonyl (C=O) groups excluding carboxylic acids is 2. The van der Waals surface area contributed by atoms with Gasteiger partial charge in [0, 0.05) is 30.1 Å². The Hall–Kier alpha value is -3.16. The molecule has 4 rings (SSSR count). The van der Waals surface area contributed by atoms with Gasteiger partial charge in [-0.3, -0.25) is 9.69 Å². The quantitative estimate of drug-likeness (QED) is 0.432. The van der Waals surface area contributed by atoms with E-state index in [0.29, 0.717) is 21.9 Å². The van der Waals surface area contributed by atoms with E-state index in [1.165, 1.54) is 16.9 Å². The molecule has 1 aliphatic heterocycles. The number of nitrogens with zero attached hydrogens (tertiary/aromatic N) is 1. The summed E-state index contributed by atoms with van der Waals surface area (Å²) in [5.41, 5.74) is 3.24. The predicted molar refractivity (Wildman–Crippen MR) is 135 cm³/mol. The van der Waals surface area contributed by atoms with Gasteiger partial charge in [-0.25, -0.2) is 4.79 Å². The van der Waals surface area contributed by atoms with Crippen molar-refractivity contribution in [1.82, 2.24) is 4.90 Å². The largest absolute Gasteiger partial charge is 0.491 e. The third-order valence-corrected chi connectivity index (χ3v) is 6.71. The highest BCUT2D eigenvalue weighted by Crippen LogP contribution is 2.38. The molecule has 1 amide bonds. The molecule has 1 N–H and O–H groups in total. The van der Waals surface area contributed by atoms with Crippen LogP contribution in [0.4, 0.5) is 5.00 Å². The Morgan fingerprint density at radius 1 is 1.09 bits per heavy atom. The number of amides is 1. The molecule has 2 heterocycles. The number of rotatable bonds is 8. The highest BCUT2D eigenvalue weighted by molar-refractivity contribution is 7.17. The Kier molecular flexibility index (Phi) is 7.65. The Morgan fingerprint density at radius 3 is 2.50 bits per heavy atom. The van der Waals surface area contributed by atoms with E-state index in [1.54, 1.807) is 31.2 Å². The lowest BCUT2D eigenvalue weighted by Crippen LogP contribution is -2.29. The van der Waals surface area contributed by atoms with Gasteiger partial charge in [-0.2, -0.15) is 0 Å². The van der Waals surface area contributed by atoms with E-state index in [4.69, 9.17) is 9.47 Å². The fourth-order valence-corrected chi connectivity index (χ4v) is 5.35. The van der Waals surface area contributed by atoms with Gasteiger partial charge in [-0.15, -0.1) is 11.3 Å². The summed E-state index contributed by atoms with van der Waals surface area (Å²) < 4.78 is 11.0. The van der Waals surface area contributed by atoms with Crippen LogP contribution in [0.2, 0.25) is 0 Å². The van der Waals surface area contributed by atoms with Crippen molar-refractivity contribution < 1.29 is 19.1 Å². The number of anilines is 1. The van der Waals surface area contributed by atoms with Crippen LogP contribution in [-0.2, 0) is 24.2 Å². The van der Waals surface area contributed by atoms with Crippen LogP contribution in [0.15, 0.2) is 54.6 Å². The number of ether oxygens (including phenoxy) is 2. The van der Waals surface area contributed by atoms with E-state index in [-0.39, 0.29) is 24.6 Å². The molecule has 0 unspecified atom stereocenters. The molecule has 0 spiro atoms. The highest BCUT2D eigenvalue weighted by atomic mass is 32.1. The maximum absolute atomic E-state index is 13.0. The third-order valence-electron chi connectivity index (χ3n) is 5.58. The summed E-state index contributed by atoms with van der Waals surface area (Å²) >= 11 is 1.47. The molecule has 0 radical (unpaired) electrons. The second-order valence-corrected chi connectivity index (χ2v) is 9.62. The van der Waals surface area contributed by atoms with Crippen LogP contribution in [0.25, 0.3) is 0 Å². The van der Waals surface area contributed by atoms with Crippen molar-refractivity contribution >= 4 is 28.2 Å². The summed E-state index contributed by atoms with van der Waals surface area (Å²) in [5, 5.41) is 3.52. The predicted octanol–water partition coefficient (Wildman–Crippen LogP) is 5.52. The first-order valence-corrected chi connectivity index (χ1v) is 12.4. The molecule has 2 aromatic carbocycles. The topological polar surface area (TPSA) is 67.9 Å². The summed E-state index contributed by atoms with van der Waals surface area (Å²) in [6.07, 6.45) is 0.801. The lowest BCUT2D eigenvalue weighted by atomic mass is 10.0. The number of hydrogen-bond acceptors (Lipinski definition) is 6. The van der Waals surface area contributed by atoms with Gasteiger partial charge in [0.2, 0.25) is 0 Å². The Balaban J connectivity index is 1.55. The van der Waals surface area contributed by atoms with Crippen molar-refractivity contribution in [3.05, 3.63) is 81.7 Å². The molecule has 0 saturated carbocycles. The SMILES string of the molecule is CCOC(=O)c1c(NC(=O)c2ccc(OC(C)C)cc2)sc2c1CCN(Cc1ccccc1)C2. The molecule has 178 valence electrons. The monoisotopic (exact) mass is 478 g/mol. The standard InChI is InChI=1S/C27H30N2O4S/c1-4-32-27(31)24-22-14-15-29(16-19-8-6-5-7-9-19)17-23(22)34-26(24)28-25(30)20-10-12-21(13-11-20)33-18(2)3/h5-13,18H,4,14-17H2,1-3H3,(H,28,30). The zero-order valence-corrected chi connectivity index (χ0v) is 20.6. The number of esters is 1. The van der Waals surface area contributed by atoms with E-state index in [9.17, 15) is 9.59 Å². The van der Waals surface area contributed by atoms with Gasteiger partial charge in [-0.1, -0.05) is 30.3 Å². The first-order valence-electron chi connectivity index (χ1n) is 11.6. The molecule has 6 nitrogen and oxygen atoms in total. The van der Waals surface area contributed by atoms with Gasteiger partial charge in [0.05, 0.1) is 18.3 Å². The lowest BCUT2D eigenvalue weighted by molar-refractivity contribution is 0.0526. The molecule has 0 saturated heterocycles. The average molecular weight is 479 g/mol. The van der Waals surface area contributed by atoms with Crippen molar-refractivity contribution in [1.29, 1.82) is 0 Å². The molecule has 7 heteroatoms. The molecular formula is C27H30N2O4S. The lowest BCUT2D eigenvalue weighted by Gasteiger charge is -2.27. The molecule has 0 aliphatic carbocycles. The molecule has 0 atom stereocenters. The first-order chi connectivity index (χ1) is 16.4. The molecule has 34 heavy (non-hydrogen) atoms. The van der Waals surface area contributed by atoms with Crippen LogP contribution in [-0.4, -0.2) is 36.0 Å². The van der Waals surface area contributed by atoms with Gasteiger partial charge < -0.3 is 14.8 Å². The number of thiophene rings is 1. The maximum Gasteiger partial charge on any atom is 0.341 e. The molecule has 0 bridgehead atoms. The summed E-state index contributed by atoms with van der Waals surface area (Å²) in [5.74, 6) is 0.0673. The molecule has 1 aliphatic rings. The smallest absolute Gasteiger partial charge is 0.341 e. The van der Waals surface area contributed by atoms with Gasteiger partial charge >= 0.3 is 5.97 Å². The highest BCUT2D eigenvalue weighted by Gasteiger charge is 2.29. The third kappa shape index (κ3) is 5.66. The van der Waals surface area contributed by atoms with Crippen LogP contribution in [0.5, 0.6) is 5.75 Å². The fraction of sp³-hybridized carbons (Fsp3) is 0.333. The number of fused-ring (bicyclic) bond motifs is 1.